The molecular weight excluding hydrogens is 264 g/mol. The quantitative estimate of drug-likeness (QED) is 0.755. The minimum atomic E-state index is -0.216. The van der Waals surface area contributed by atoms with E-state index in [-0.39, 0.29) is 11.4 Å². The number of benzene rings is 2. The van der Waals surface area contributed by atoms with Crippen molar-refractivity contribution in [3.05, 3.63) is 63.5 Å². The molecule has 0 fully saturated rings. The van der Waals surface area contributed by atoms with Crippen molar-refractivity contribution < 1.29 is 5.11 Å². The molecule has 0 aliphatic rings. The van der Waals surface area contributed by atoms with Crippen molar-refractivity contribution >= 4 is 22.6 Å². The topological polar surface area (TPSA) is 58.0 Å². The summed E-state index contributed by atoms with van der Waals surface area (Å²) in [6.07, 6.45) is 0. The van der Waals surface area contributed by atoms with Gasteiger partial charge in [0.05, 0.1) is 22.6 Å². The number of hydrogen-bond acceptors (Lipinski definition) is 2. The summed E-state index contributed by atoms with van der Waals surface area (Å²) in [6.45, 7) is 0.358. The molecule has 0 aliphatic carbocycles. The number of aromatic amines is 1. The fraction of sp³-hybridized carbons (Fsp3) is 0.0714. The summed E-state index contributed by atoms with van der Waals surface area (Å²) in [7, 11) is 0. The Morgan fingerprint density at radius 2 is 2.00 bits per heavy atom. The number of halogens is 1. The number of nitrogens with zero attached hydrogens (tertiary/aromatic N) is 1. The molecule has 0 unspecified atom stereocenters. The van der Waals surface area contributed by atoms with Gasteiger partial charge < -0.3 is 10.1 Å². The molecule has 0 saturated heterocycles. The third kappa shape index (κ3) is 2.11. The number of phenolic OH excluding ortho intramolecular Hbond substituents is 1. The average Bonchev–Trinajstić information content (AvgIpc) is 2.67. The van der Waals surface area contributed by atoms with Crippen LogP contribution in [0.3, 0.4) is 0 Å². The first-order valence-corrected chi connectivity index (χ1v) is 6.18. The highest BCUT2D eigenvalue weighted by Gasteiger charge is 2.10. The minimum Gasteiger partial charge on any atom is -0.508 e. The van der Waals surface area contributed by atoms with E-state index in [2.05, 4.69) is 4.98 Å². The predicted octanol–water partition coefficient (Wildman–Crippen LogP) is 2.74. The number of para-hydroxylation sites is 1. The van der Waals surface area contributed by atoms with Gasteiger partial charge in [-0.2, -0.15) is 0 Å². The van der Waals surface area contributed by atoms with E-state index in [1.807, 2.05) is 12.1 Å². The first-order chi connectivity index (χ1) is 9.15. The number of imidazole rings is 1. The molecule has 0 spiro atoms. The van der Waals surface area contributed by atoms with Gasteiger partial charge in [0.2, 0.25) is 0 Å². The molecule has 19 heavy (non-hydrogen) atoms. The maximum absolute atomic E-state index is 12.0. The van der Waals surface area contributed by atoms with Crippen molar-refractivity contribution in [2.75, 3.05) is 0 Å². The second-order valence-electron chi connectivity index (χ2n) is 4.32. The zero-order valence-electron chi connectivity index (χ0n) is 9.93. The molecule has 3 rings (SSSR count). The Bertz CT molecular complexity index is 805. The fourth-order valence-corrected chi connectivity index (χ4v) is 2.44. The number of phenols is 1. The SMILES string of the molecule is O=c1[nH]c2cccc(Cl)c2n1Cc1cccc(O)c1. The van der Waals surface area contributed by atoms with Crippen molar-refractivity contribution in [2.24, 2.45) is 0 Å². The molecule has 0 amide bonds. The minimum absolute atomic E-state index is 0.177. The number of aromatic hydroxyl groups is 1. The van der Waals surface area contributed by atoms with Crippen molar-refractivity contribution in [1.82, 2.24) is 9.55 Å². The Balaban J connectivity index is 2.15. The molecule has 4 nitrogen and oxygen atoms in total. The largest absolute Gasteiger partial charge is 0.508 e. The number of fused-ring (bicyclic) bond motifs is 1. The van der Waals surface area contributed by atoms with E-state index in [0.29, 0.717) is 22.6 Å². The van der Waals surface area contributed by atoms with Crippen LogP contribution in [0, 0.1) is 0 Å². The lowest BCUT2D eigenvalue weighted by Crippen LogP contribution is -2.17. The van der Waals surface area contributed by atoms with Crippen LogP contribution in [-0.4, -0.2) is 14.7 Å². The maximum Gasteiger partial charge on any atom is 0.326 e. The van der Waals surface area contributed by atoms with Gasteiger partial charge in [0, 0.05) is 0 Å². The van der Waals surface area contributed by atoms with E-state index in [0.717, 1.165) is 5.56 Å². The number of rotatable bonds is 2. The van der Waals surface area contributed by atoms with Gasteiger partial charge >= 0.3 is 5.69 Å². The van der Waals surface area contributed by atoms with Crippen LogP contribution < -0.4 is 5.69 Å². The molecule has 0 atom stereocenters. The van der Waals surface area contributed by atoms with E-state index in [1.54, 1.807) is 34.9 Å². The van der Waals surface area contributed by atoms with E-state index in [9.17, 15) is 9.90 Å². The summed E-state index contributed by atoms with van der Waals surface area (Å²) >= 11 is 6.14. The summed E-state index contributed by atoms with van der Waals surface area (Å²) < 4.78 is 1.56. The molecule has 0 saturated carbocycles. The van der Waals surface area contributed by atoms with E-state index in [1.165, 1.54) is 0 Å². The molecule has 2 aromatic carbocycles. The first-order valence-electron chi connectivity index (χ1n) is 5.80. The highest BCUT2D eigenvalue weighted by Crippen LogP contribution is 2.22. The molecule has 0 aliphatic heterocycles. The van der Waals surface area contributed by atoms with Gasteiger partial charge in [-0.05, 0) is 29.8 Å². The molecule has 5 heteroatoms. The van der Waals surface area contributed by atoms with Crippen LogP contribution in [0.5, 0.6) is 5.75 Å². The van der Waals surface area contributed by atoms with Gasteiger partial charge in [-0.1, -0.05) is 29.8 Å². The van der Waals surface area contributed by atoms with Gasteiger partial charge in [-0.15, -0.1) is 0 Å². The number of H-pyrrole nitrogens is 1. The van der Waals surface area contributed by atoms with Crippen molar-refractivity contribution in [2.45, 2.75) is 6.54 Å². The first kappa shape index (κ1) is 11.9. The normalized spacial score (nSPS) is 11.0. The Labute approximate surface area is 113 Å². The van der Waals surface area contributed by atoms with Gasteiger partial charge in [0.1, 0.15) is 5.75 Å². The second-order valence-corrected chi connectivity index (χ2v) is 4.73. The summed E-state index contributed by atoms with van der Waals surface area (Å²) in [4.78, 5) is 14.7. The fourth-order valence-electron chi connectivity index (χ4n) is 2.16. The third-order valence-corrected chi connectivity index (χ3v) is 3.30. The van der Waals surface area contributed by atoms with Crippen LogP contribution in [0.15, 0.2) is 47.3 Å². The van der Waals surface area contributed by atoms with Crippen molar-refractivity contribution in [3.63, 3.8) is 0 Å². The Morgan fingerprint density at radius 1 is 1.21 bits per heavy atom. The van der Waals surface area contributed by atoms with E-state index < -0.39 is 0 Å². The van der Waals surface area contributed by atoms with Crippen molar-refractivity contribution in [3.8, 4) is 5.75 Å². The van der Waals surface area contributed by atoms with Crippen LogP contribution in [0.25, 0.3) is 11.0 Å². The Hall–Kier alpha value is -2.20. The highest BCUT2D eigenvalue weighted by molar-refractivity contribution is 6.34. The lowest BCUT2D eigenvalue weighted by molar-refractivity contribution is 0.474. The zero-order chi connectivity index (χ0) is 13.4. The van der Waals surface area contributed by atoms with Gasteiger partial charge in [0.15, 0.2) is 0 Å². The molecule has 0 radical (unpaired) electrons. The lowest BCUT2D eigenvalue weighted by atomic mass is 10.2. The molecule has 1 heterocycles. The Kier molecular flexibility index (Phi) is 2.80. The lowest BCUT2D eigenvalue weighted by Gasteiger charge is -2.05. The van der Waals surface area contributed by atoms with E-state index >= 15 is 0 Å². The molecule has 96 valence electrons. The predicted molar refractivity (Wildman–Crippen MR) is 74.8 cm³/mol. The number of aromatic nitrogens is 2. The van der Waals surface area contributed by atoms with Crippen LogP contribution in [0.4, 0.5) is 0 Å². The van der Waals surface area contributed by atoms with Crippen LogP contribution in [-0.2, 0) is 6.54 Å². The second kappa shape index (κ2) is 4.48. The number of nitrogens with one attached hydrogen (secondary N) is 1. The smallest absolute Gasteiger partial charge is 0.326 e. The molecule has 2 N–H and O–H groups in total. The van der Waals surface area contributed by atoms with Crippen molar-refractivity contribution in [1.29, 1.82) is 0 Å². The highest BCUT2D eigenvalue weighted by atomic mass is 35.5. The van der Waals surface area contributed by atoms with Crippen LogP contribution in [0.1, 0.15) is 5.56 Å². The third-order valence-electron chi connectivity index (χ3n) is 2.99. The molecular formula is C14H11ClN2O2. The monoisotopic (exact) mass is 274 g/mol. The molecule has 1 aromatic heterocycles. The Morgan fingerprint density at radius 3 is 2.79 bits per heavy atom. The standard InChI is InChI=1S/C14H11ClN2O2/c15-11-5-2-6-12-13(11)17(14(19)16-12)8-9-3-1-4-10(18)7-9/h1-7,18H,8H2,(H,16,19). The summed E-state index contributed by atoms with van der Waals surface area (Å²) in [5.74, 6) is 0.177. The number of hydrogen-bond donors (Lipinski definition) is 2. The zero-order valence-corrected chi connectivity index (χ0v) is 10.7. The average molecular weight is 275 g/mol. The molecule has 0 bridgehead atoms. The maximum atomic E-state index is 12.0. The van der Waals surface area contributed by atoms with E-state index in [4.69, 9.17) is 11.6 Å². The van der Waals surface area contributed by atoms with Crippen LogP contribution in [0.2, 0.25) is 5.02 Å². The van der Waals surface area contributed by atoms with Gasteiger partial charge in [-0.3, -0.25) is 4.57 Å². The van der Waals surface area contributed by atoms with Gasteiger partial charge in [-0.25, -0.2) is 4.79 Å². The summed E-state index contributed by atoms with van der Waals surface area (Å²) in [5.41, 5.74) is 2.00. The summed E-state index contributed by atoms with van der Waals surface area (Å²) in [6, 6.07) is 12.2. The summed E-state index contributed by atoms with van der Waals surface area (Å²) in [5, 5.41) is 9.98. The van der Waals surface area contributed by atoms with Gasteiger partial charge in [0.25, 0.3) is 0 Å². The molecule has 3 aromatic rings. The van der Waals surface area contributed by atoms with Crippen LogP contribution >= 0.6 is 11.6 Å².